The van der Waals surface area contributed by atoms with E-state index in [4.69, 9.17) is 27.9 Å². The van der Waals surface area contributed by atoms with Crippen LogP contribution in [0.5, 0.6) is 5.75 Å². The molecule has 0 aliphatic carbocycles. The summed E-state index contributed by atoms with van der Waals surface area (Å²) < 4.78 is 19.8. The number of hydrogen-bond acceptors (Lipinski definition) is 5. The van der Waals surface area contributed by atoms with Gasteiger partial charge in [0.2, 0.25) is 0 Å². The fourth-order valence-corrected chi connectivity index (χ4v) is 4.40. The molecule has 1 N–H and O–H groups in total. The van der Waals surface area contributed by atoms with Gasteiger partial charge in [-0.25, -0.2) is 9.37 Å². The zero-order valence-electron chi connectivity index (χ0n) is 20.1. The highest BCUT2D eigenvalue weighted by Crippen LogP contribution is 2.34. The summed E-state index contributed by atoms with van der Waals surface area (Å²) in [5, 5.41) is 7.71. The third-order valence-electron chi connectivity index (χ3n) is 5.60. The van der Waals surface area contributed by atoms with Crippen LogP contribution in [-0.4, -0.2) is 28.4 Å². The number of para-hydroxylation sites is 1. The van der Waals surface area contributed by atoms with Crippen molar-refractivity contribution in [3.05, 3.63) is 123 Å². The molecule has 0 aliphatic heterocycles. The van der Waals surface area contributed by atoms with Gasteiger partial charge in [-0.3, -0.25) is 9.59 Å². The average Bonchev–Trinajstić information content (AvgIpc) is 2.94. The van der Waals surface area contributed by atoms with Crippen LogP contribution in [0.4, 0.5) is 10.1 Å². The number of anilines is 1. The molecule has 5 aromatic rings. The molecule has 0 atom stereocenters. The van der Waals surface area contributed by atoms with Gasteiger partial charge in [0.15, 0.2) is 18.2 Å². The first-order valence-corrected chi connectivity index (χ1v) is 12.4. The Balaban J connectivity index is 1.39. The number of rotatable bonds is 7. The molecule has 10 heteroatoms. The molecule has 0 spiro atoms. The highest BCUT2D eigenvalue weighted by Gasteiger charge is 2.14. The first-order valence-electron chi connectivity index (χ1n) is 11.7. The molecule has 194 valence electrons. The lowest BCUT2D eigenvalue weighted by atomic mass is 10.2. The third kappa shape index (κ3) is 5.98. The minimum absolute atomic E-state index is 0.110. The molecule has 5 rings (SSSR count). The number of benzene rings is 4. The maximum Gasteiger partial charge on any atom is 0.282 e. The molecule has 0 saturated heterocycles. The van der Waals surface area contributed by atoms with Gasteiger partial charge in [-0.15, -0.1) is 0 Å². The fourth-order valence-electron chi connectivity index (χ4n) is 3.79. The number of carbonyl (C=O) groups is 1. The molecular formula is C29H19Cl2FN4O3. The Hall–Kier alpha value is -4.53. The SMILES string of the molecule is O=C(COc1c(Cl)cc(C=Nn2c(-c3ccccc3)nc3ccccc3c2=O)cc1Cl)Nc1ccc(F)cc1. The van der Waals surface area contributed by atoms with Crippen LogP contribution in [0.15, 0.2) is 101 Å². The lowest BCUT2D eigenvalue weighted by Gasteiger charge is -2.12. The van der Waals surface area contributed by atoms with Gasteiger partial charge < -0.3 is 10.1 Å². The Morgan fingerprint density at radius 1 is 0.974 bits per heavy atom. The van der Waals surface area contributed by atoms with E-state index in [1.165, 1.54) is 35.2 Å². The van der Waals surface area contributed by atoms with Crippen LogP contribution in [0.2, 0.25) is 10.0 Å². The van der Waals surface area contributed by atoms with E-state index >= 15 is 0 Å². The lowest BCUT2D eigenvalue weighted by molar-refractivity contribution is -0.118. The van der Waals surface area contributed by atoms with Crippen LogP contribution in [0.3, 0.4) is 0 Å². The first kappa shape index (κ1) is 26.1. The van der Waals surface area contributed by atoms with Gasteiger partial charge in [0, 0.05) is 11.3 Å². The highest BCUT2D eigenvalue weighted by molar-refractivity contribution is 6.37. The van der Waals surface area contributed by atoms with E-state index in [-0.39, 0.29) is 28.0 Å². The second-order valence-electron chi connectivity index (χ2n) is 8.34. The Bertz CT molecular complexity index is 1730. The maximum atomic E-state index is 13.3. The van der Waals surface area contributed by atoms with Crippen LogP contribution >= 0.6 is 23.2 Å². The summed E-state index contributed by atoms with van der Waals surface area (Å²) >= 11 is 12.8. The standard InChI is InChI=1S/C29H19Cl2FN4O3/c30-23-14-18(15-24(31)27(23)39-17-26(37)34-21-12-10-20(32)11-13-21)16-33-36-28(19-6-2-1-3-7-19)35-25-9-5-4-8-22(25)29(36)38/h1-16H,17H2,(H,34,37). The van der Waals surface area contributed by atoms with Crippen LogP contribution in [0, 0.1) is 5.82 Å². The van der Waals surface area contributed by atoms with Gasteiger partial charge >= 0.3 is 0 Å². The lowest BCUT2D eigenvalue weighted by Crippen LogP contribution is -2.20. The molecule has 4 aromatic carbocycles. The number of halogens is 3. The summed E-state index contributed by atoms with van der Waals surface area (Å²) in [6, 6.07) is 24.7. The van der Waals surface area contributed by atoms with E-state index < -0.39 is 11.7 Å². The Kier molecular flexibility index (Phi) is 7.67. The molecule has 1 amide bonds. The molecule has 0 saturated carbocycles. The summed E-state index contributed by atoms with van der Waals surface area (Å²) in [6.45, 7) is -0.372. The number of hydrogen-bond donors (Lipinski definition) is 1. The zero-order chi connectivity index (χ0) is 27.4. The largest absolute Gasteiger partial charge is 0.481 e. The van der Waals surface area contributed by atoms with Gasteiger partial charge in [0.05, 0.1) is 27.2 Å². The molecule has 7 nitrogen and oxygen atoms in total. The molecule has 0 fully saturated rings. The van der Waals surface area contributed by atoms with E-state index in [9.17, 15) is 14.0 Å². The van der Waals surface area contributed by atoms with Crippen LogP contribution in [0.25, 0.3) is 22.3 Å². The van der Waals surface area contributed by atoms with Crippen molar-refractivity contribution in [1.29, 1.82) is 0 Å². The maximum absolute atomic E-state index is 13.3. The second-order valence-corrected chi connectivity index (χ2v) is 9.15. The van der Waals surface area contributed by atoms with E-state index in [1.807, 2.05) is 36.4 Å². The van der Waals surface area contributed by atoms with E-state index in [1.54, 1.807) is 30.3 Å². The van der Waals surface area contributed by atoms with Crippen molar-refractivity contribution in [3.63, 3.8) is 0 Å². The van der Waals surface area contributed by atoms with Crippen LogP contribution in [0.1, 0.15) is 5.56 Å². The van der Waals surface area contributed by atoms with E-state index in [0.717, 1.165) is 5.56 Å². The summed E-state index contributed by atoms with van der Waals surface area (Å²) in [4.78, 5) is 30.2. The number of nitrogens with zero attached hydrogens (tertiary/aromatic N) is 3. The van der Waals surface area contributed by atoms with Gasteiger partial charge in [0.25, 0.3) is 11.5 Å². The Morgan fingerprint density at radius 2 is 1.64 bits per heavy atom. The molecule has 0 bridgehead atoms. The van der Waals surface area contributed by atoms with Crippen molar-refractivity contribution < 1.29 is 13.9 Å². The van der Waals surface area contributed by atoms with Gasteiger partial charge in [-0.2, -0.15) is 9.78 Å². The number of ether oxygens (including phenoxy) is 1. The summed E-state index contributed by atoms with van der Waals surface area (Å²) in [7, 11) is 0. The Morgan fingerprint density at radius 3 is 2.36 bits per heavy atom. The predicted molar refractivity (Wildman–Crippen MR) is 151 cm³/mol. The van der Waals surface area contributed by atoms with Crippen LogP contribution < -0.4 is 15.6 Å². The topological polar surface area (TPSA) is 85.6 Å². The minimum Gasteiger partial charge on any atom is -0.481 e. The quantitative estimate of drug-likeness (QED) is 0.233. The number of amides is 1. The number of aromatic nitrogens is 2. The predicted octanol–water partition coefficient (Wildman–Crippen LogP) is 6.41. The number of fused-ring (bicyclic) bond motifs is 1. The average molecular weight is 561 g/mol. The van der Waals surface area contributed by atoms with Crippen molar-refractivity contribution in [2.75, 3.05) is 11.9 Å². The van der Waals surface area contributed by atoms with Crippen molar-refractivity contribution in [2.24, 2.45) is 5.10 Å². The van der Waals surface area contributed by atoms with Crippen molar-refractivity contribution in [3.8, 4) is 17.1 Å². The van der Waals surface area contributed by atoms with Crippen molar-refractivity contribution in [2.45, 2.75) is 0 Å². The Labute approximate surface area is 232 Å². The molecule has 1 aromatic heterocycles. The summed E-state index contributed by atoms with van der Waals surface area (Å²) in [6.07, 6.45) is 1.44. The van der Waals surface area contributed by atoms with Crippen LogP contribution in [-0.2, 0) is 4.79 Å². The molecule has 1 heterocycles. The van der Waals surface area contributed by atoms with E-state index in [0.29, 0.717) is 28.0 Å². The minimum atomic E-state index is -0.476. The van der Waals surface area contributed by atoms with Crippen molar-refractivity contribution >= 4 is 51.9 Å². The smallest absolute Gasteiger partial charge is 0.282 e. The first-order chi connectivity index (χ1) is 18.9. The zero-order valence-corrected chi connectivity index (χ0v) is 21.7. The molecular weight excluding hydrogens is 542 g/mol. The third-order valence-corrected chi connectivity index (χ3v) is 6.17. The molecule has 0 unspecified atom stereocenters. The van der Waals surface area contributed by atoms with E-state index in [2.05, 4.69) is 15.4 Å². The van der Waals surface area contributed by atoms with Gasteiger partial charge in [0.1, 0.15) is 5.82 Å². The highest BCUT2D eigenvalue weighted by atomic mass is 35.5. The number of carbonyl (C=O) groups excluding carboxylic acids is 1. The monoisotopic (exact) mass is 560 g/mol. The normalized spacial score (nSPS) is 11.2. The fraction of sp³-hybridized carbons (Fsp3) is 0.0345. The molecule has 0 aliphatic rings. The summed E-state index contributed by atoms with van der Waals surface area (Å²) in [5.41, 5.74) is 1.86. The molecule has 0 radical (unpaired) electrons. The molecule has 39 heavy (non-hydrogen) atoms. The number of nitrogens with one attached hydrogen (secondary N) is 1. The summed E-state index contributed by atoms with van der Waals surface area (Å²) in [5.74, 6) is -0.403. The van der Waals surface area contributed by atoms with Gasteiger partial charge in [-0.05, 0) is 54.1 Å². The van der Waals surface area contributed by atoms with Gasteiger partial charge in [-0.1, -0.05) is 65.7 Å². The second kappa shape index (κ2) is 11.5. The van der Waals surface area contributed by atoms with Crippen molar-refractivity contribution in [1.82, 2.24) is 9.66 Å².